The molecule has 4 aliphatic rings. The highest BCUT2D eigenvalue weighted by Crippen LogP contribution is 2.55. The van der Waals surface area contributed by atoms with Gasteiger partial charge in [0.05, 0.1) is 53.0 Å². The Hall–Kier alpha value is -5.16. The fourth-order valence-corrected chi connectivity index (χ4v) is 8.16. The smallest absolute Gasteiger partial charge is 0.312 e. The molecule has 6 N–H and O–H groups in total. The molecule has 60 heavy (non-hydrogen) atoms. The summed E-state index contributed by atoms with van der Waals surface area (Å²) in [5.74, 6) is -8.34. The molecule has 2 aromatic rings. The van der Waals surface area contributed by atoms with Crippen molar-refractivity contribution in [2.24, 2.45) is 28.8 Å². The summed E-state index contributed by atoms with van der Waals surface area (Å²) in [7, 11) is 3.44. The van der Waals surface area contributed by atoms with Crippen molar-refractivity contribution in [3.05, 3.63) is 52.8 Å². The van der Waals surface area contributed by atoms with Crippen molar-refractivity contribution in [2.75, 3.05) is 45.7 Å². The first-order valence-corrected chi connectivity index (χ1v) is 20.3. The Labute approximate surface area is 350 Å². The zero-order valence-corrected chi connectivity index (χ0v) is 36.1. The van der Waals surface area contributed by atoms with Gasteiger partial charge in [-0.1, -0.05) is 45.9 Å². The highest BCUT2D eigenvalue weighted by molar-refractivity contribution is 6.23. The van der Waals surface area contributed by atoms with Crippen LogP contribution in [0.4, 0.5) is 5.69 Å². The van der Waals surface area contributed by atoms with Crippen LogP contribution in [0.3, 0.4) is 0 Å². The number of aliphatic hydroxyl groups excluding tert-OH is 2. The average Bonchev–Trinajstić information content (AvgIpc) is 3.31. The summed E-state index contributed by atoms with van der Waals surface area (Å²) in [4.78, 5) is 42.8. The van der Waals surface area contributed by atoms with E-state index >= 15 is 0 Å². The zero-order chi connectivity index (χ0) is 44.4. The Morgan fingerprint density at radius 2 is 1.65 bits per heavy atom. The second-order valence-electron chi connectivity index (χ2n) is 16.5. The number of allylic oxidation sites excluding steroid dienone is 2. The number of carbonyl (C=O) groups excluding carboxylic acids is 3. The number of amides is 1. The molecule has 4 aliphatic heterocycles. The molecule has 0 aliphatic carbocycles. The Bertz CT molecular complexity index is 2100. The lowest BCUT2D eigenvalue weighted by Gasteiger charge is -2.38. The zero-order valence-electron chi connectivity index (χ0n) is 36.1. The summed E-state index contributed by atoms with van der Waals surface area (Å²) in [5.41, 5.74) is -0.340. The number of aliphatic hydroxyl groups is 2. The summed E-state index contributed by atoms with van der Waals surface area (Å²) in [6.07, 6.45) is 5.70. The van der Waals surface area contributed by atoms with Gasteiger partial charge in [0.2, 0.25) is 0 Å². The summed E-state index contributed by atoms with van der Waals surface area (Å²) in [6, 6.07) is 0. The molecule has 328 valence electrons. The third-order valence-corrected chi connectivity index (χ3v) is 12.1. The molecule has 9 atom stereocenters. The number of ether oxygens (including phenoxy) is 4. The third-order valence-electron chi connectivity index (χ3n) is 12.1. The normalized spacial score (nSPS) is 31.9. The monoisotopic (exact) mass is 836 g/mol. The molecular formula is C44H60N4O12. The van der Waals surface area contributed by atoms with Crippen LogP contribution in [0.15, 0.2) is 41.2 Å². The number of methoxy groups -OCH3 is 1. The van der Waals surface area contributed by atoms with Gasteiger partial charge < -0.3 is 54.7 Å². The van der Waals surface area contributed by atoms with Gasteiger partial charge in [0.1, 0.15) is 23.4 Å². The number of esters is 1. The van der Waals surface area contributed by atoms with E-state index in [1.807, 2.05) is 7.05 Å². The molecule has 6 rings (SSSR count). The van der Waals surface area contributed by atoms with Gasteiger partial charge in [0.15, 0.2) is 5.75 Å². The minimum Gasteiger partial charge on any atom is -0.507 e. The van der Waals surface area contributed by atoms with Crippen LogP contribution in [-0.2, 0) is 23.8 Å². The molecule has 0 saturated carbocycles. The molecule has 1 fully saturated rings. The van der Waals surface area contributed by atoms with E-state index in [1.165, 1.54) is 59.4 Å². The van der Waals surface area contributed by atoms with E-state index in [2.05, 4.69) is 15.3 Å². The average molecular weight is 837 g/mol. The van der Waals surface area contributed by atoms with E-state index < -0.39 is 88.8 Å². The Kier molecular flexibility index (Phi) is 14.3. The summed E-state index contributed by atoms with van der Waals surface area (Å²) >= 11 is 0. The number of nitrogens with one attached hydrogen (secondary N) is 1. The van der Waals surface area contributed by atoms with Crippen LogP contribution in [0.1, 0.15) is 76.4 Å². The second-order valence-corrected chi connectivity index (χ2v) is 16.5. The first-order valence-electron chi connectivity index (χ1n) is 20.3. The van der Waals surface area contributed by atoms with Crippen molar-refractivity contribution >= 4 is 40.3 Å². The number of Topliss-reactive ketones (excluding diaryl/α,β-unsaturated/α-hetero) is 1. The van der Waals surface area contributed by atoms with E-state index in [1.54, 1.807) is 44.9 Å². The first-order chi connectivity index (χ1) is 28.2. The maximum Gasteiger partial charge on any atom is 0.312 e. The number of hydrogen-bond donors (Lipinski definition) is 6. The van der Waals surface area contributed by atoms with E-state index in [9.17, 15) is 39.9 Å². The molecule has 0 radical (unpaired) electrons. The van der Waals surface area contributed by atoms with Gasteiger partial charge in [-0.05, 0) is 39.9 Å². The second kappa shape index (κ2) is 18.6. The first kappa shape index (κ1) is 45.9. The number of ketones is 1. The lowest BCUT2D eigenvalue weighted by atomic mass is 9.78. The number of fused-ring (bicyclic) bond motifs is 14. The lowest BCUT2D eigenvalue weighted by molar-refractivity contribution is -0.160. The predicted octanol–water partition coefficient (Wildman–Crippen LogP) is 4.73. The van der Waals surface area contributed by atoms with Crippen LogP contribution in [-0.4, -0.2) is 130 Å². The topological polar surface area (TPSA) is 220 Å². The lowest BCUT2D eigenvalue weighted by Crippen LogP contribution is -2.46. The van der Waals surface area contributed by atoms with Crippen molar-refractivity contribution in [3.8, 4) is 23.0 Å². The van der Waals surface area contributed by atoms with Crippen LogP contribution in [0, 0.1) is 30.6 Å². The third kappa shape index (κ3) is 9.11. The molecule has 1 amide bonds. The van der Waals surface area contributed by atoms with Gasteiger partial charge in [-0.2, -0.15) is 5.10 Å². The standard InChI is InChI=1S/C44H60N4O12/c1-22-13-11-14-23(2)43(56)46-34-29(21-45-48-17-12-16-47(9)18-19-48)38(53)31-32(39(34)54)37(52)27(6)41-33(31)42(55)44(8,60-41)58-20-15-30(57-10)24(3)40(59-28(7)49)26(5)36(51)25(4)35(22)50/h11,13-15,20-22,24-26,30,35-36,40,50-54H,12,16-19H2,1-10H3,(H,46,56)/b13-11+,20-15+,23-14-,45-21+. The maximum atomic E-state index is 14.5. The Morgan fingerprint density at radius 3 is 2.32 bits per heavy atom. The molecule has 0 spiro atoms. The summed E-state index contributed by atoms with van der Waals surface area (Å²) in [6.45, 7) is 15.3. The van der Waals surface area contributed by atoms with Gasteiger partial charge in [0.25, 0.3) is 11.7 Å². The maximum absolute atomic E-state index is 14.5. The van der Waals surface area contributed by atoms with Crippen LogP contribution < -0.4 is 10.1 Å². The SMILES string of the molecule is COC1/C=C/OC2(C)Oc3c(C)c(O)c4c(O)c(c(/C=N/N5CCCN(C)CC5)c(O)c4c3C2=O)NC(=O)/C(C)=C\C=C\C(C)C(O)C(C)C(O)C(C)C(OC(C)=O)C1C. The molecule has 5 bridgehead atoms. The number of likely N-dealkylation sites (N-methyl/N-ethyl adjacent to an activating group) is 1. The predicted molar refractivity (Wildman–Crippen MR) is 225 cm³/mol. The number of phenols is 3. The number of anilines is 1. The largest absolute Gasteiger partial charge is 0.507 e. The van der Waals surface area contributed by atoms with Gasteiger partial charge in [-0.15, -0.1) is 0 Å². The molecule has 0 aromatic heterocycles. The van der Waals surface area contributed by atoms with Crippen LogP contribution >= 0.6 is 0 Å². The number of rotatable bonds is 4. The minimum atomic E-state index is -2.04. The molecule has 16 nitrogen and oxygen atoms in total. The highest BCUT2D eigenvalue weighted by atomic mass is 16.7. The number of phenolic OH excluding ortho intramolecular Hbond substituents is 3. The molecule has 1 saturated heterocycles. The van der Waals surface area contributed by atoms with Gasteiger partial charge >= 0.3 is 11.8 Å². The Balaban J connectivity index is 1.71. The van der Waals surface area contributed by atoms with Crippen molar-refractivity contribution in [1.82, 2.24) is 9.91 Å². The molecular weight excluding hydrogens is 776 g/mol. The number of benzene rings is 2. The number of hydrazone groups is 1. The van der Waals surface area contributed by atoms with Gasteiger partial charge in [0, 0.05) is 80.8 Å². The van der Waals surface area contributed by atoms with E-state index in [4.69, 9.17) is 18.9 Å². The van der Waals surface area contributed by atoms with E-state index in [0.717, 1.165) is 19.5 Å². The number of nitrogens with zero attached hydrogens (tertiary/aromatic N) is 3. The van der Waals surface area contributed by atoms with Crippen molar-refractivity contribution in [2.45, 2.75) is 92.0 Å². The minimum absolute atomic E-state index is 0.0571. The summed E-state index contributed by atoms with van der Waals surface area (Å²) < 4.78 is 23.6. The van der Waals surface area contributed by atoms with Crippen molar-refractivity contribution in [3.63, 3.8) is 0 Å². The Morgan fingerprint density at radius 1 is 0.950 bits per heavy atom. The summed E-state index contributed by atoms with van der Waals surface area (Å²) in [5, 5.41) is 67.1. The van der Waals surface area contributed by atoms with Gasteiger partial charge in [-0.3, -0.25) is 19.4 Å². The van der Waals surface area contributed by atoms with E-state index in [-0.39, 0.29) is 44.5 Å². The van der Waals surface area contributed by atoms with Crippen molar-refractivity contribution < 1.29 is 58.9 Å². The fraction of sp³-hybridized carbons (Fsp3) is 0.545. The number of aromatic hydroxyl groups is 3. The van der Waals surface area contributed by atoms with Crippen LogP contribution in [0.25, 0.3) is 10.8 Å². The highest BCUT2D eigenvalue weighted by Gasteiger charge is 2.50. The van der Waals surface area contributed by atoms with Crippen molar-refractivity contribution in [1.29, 1.82) is 0 Å². The quantitative estimate of drug-likeness (QED) is 0.106. The van der Waals surface area contributed by atoms with Gasteiger partial charge in [-0.25, -0.2) is 0 Å². The molecule has 16 heteroatoms. The number of hydrogen-bond acceptors (Lipinski definition) is 15. The van der Waals surface area contributed by atoms with Crippen LogP contribution in [0.2, 0.25) is 0 Å². The van der Waals surface area contributed by atoms with Crippen LogP contribution in [0.5, 0.6) is 23.0 Å². The fourth-order valence-electron chi connectivity index (χ4n) is 8.16. The molecule has 2 aromatic carbocycles. The number of carbonyl (C=O) groups is 3. The molecule has 9 unspecified atom stereocenters. The van der Waals surface area contributed by atoms with E-state index in [0.29, 0.717) is 13.1 Å². The molecule has 4 heterocycles.